The van der Waals surface area contributed by atoms with Crippen LogP contribution in [0.4, 0.5) is 0 Å². The van der Waals surface area contributed by atoms with E-state index in [2.05, 4.69) is 25.2 Å². The van der Waals surface area contributed by atoms with Crippen molar-refractivity contribution in [3.05, 3.63) is 28.0 Å². The Morgan fingerprint density at radius 3 is 2.86 bits per heavy atom. The molecule has 3 N–H and O–H groups in total. The number of aromatic amines is 1. The van der Waals surface area contributed by atoms with Gasteiger partial charge in [-0.05, 0) is 14.0 Å². The van der Waals surface area contributed by atoms with Crippen molar-refractivity contribution in [2.75, 3.05) is 13.6 Å². The Kier molecular flexibility index (Phi) is 5.09. The molecule has 1 unspecified atom stereocenters. The van der Waals surface area contributed by atoms with E-state index in [0.717, 1.165) is 5.01 Å². The maximum atomic E-state index is 12.5. The van der Waals surface area contributed by atoms with Crippen LogP contribution in [0, 0.1) is 6.92 Å². The Balaban J connectivity index is 2.13. The van der Waals surface area contributed by atoms with Crippen LogP contribution in [-0.4, -0.2) is 37.2 Å². The number of aryl methyl sites for hydroxylation is 1. The number of sulfonamides is 1. The Labute approximate surface area is 128 Å². The van der Waals surface area contributed by atoms with Gasteiger partial charge in [-0.3, -0.25) is 5.10 Å². The molecule has 21 heavy (non-hydrogen) atoms. The highest BCUT2D eigenvalue weighted by Crippen LogP contribution is 2.20. The highest BCUT2D eigenvalue weighted by molar-refractivity contribution is 7.89. The van der Waals surface area contributed by atoms with Crippen LogP contribution < -0.4 is 10.0 Å². The monoisotopic (exact) mass is 329 g/mol. The number of thiazole rings is 1. The quantitative estimate of drug-likeness (QED) is 0.703. The van der Waals surface area contributed by atoms with Crippen molar-refractivity contribution in [1.29, 1.82) is 0 Å². The average Bonchev–Trinajstić information content (AvgIpc) is 3.07. The zero-order valence-corrected chi connectivity index (χ0v) is 13.8. The maximum Gasteiger partial charge on any atom is 0.244 e. The second-order valence-electron chi connectivity index (χ2n) is 4.78. The van der Waals surface area contributed by atoms with Crippen molar-refractivity contribution < 1.29 is 8.42 Å². The lowest BCUT2D eigenvalue weighted by Gasteiger charge is -2.11. The molecule has 0 spiro atoms. The molecule has 2 aromatic heterocycles. The number of rotatable bonds is 7. The zero-order valence-electron chi connectivity index (χ0n) is 12.2. The van der Waals surface area contributed by atoms with Gasteiger partial charge in [-0.1, -0.05) is 6.92 Å². The molecular weight excluding hydrogens is 310 g/mol. The largest absolute Gasteiger partial charge is 0.314 e. The Bertz CT molecular complexity index is 679. The Morgan fingerprint density at radius 2 is 2.24 bits per heavy atom. The number of aromatic nitrogens is 3. The van der Waals surface area contributed by atoms with Crippen molar-refractivity contribution in [2.45, 2.75) is 31.2 Å². The fraction of sp³-hybridized carbons (Fsp3) is 0.500. The summed E-state index contributed by atoms with van der Waals surface area (Å²) in [5.74, 6) is 0.0275. The standard InChI is InChI=1S/C12H19N5O2S2/c1-8(12-14-4-5-20-12)6-15-21(18,19)11-9(2)16-17-10(11)7-13-3/h4-5,8,13,15H,6-7H2,1-3H3,(H,16,17). The molecule has 2 heterocycles. The van der Waals surface area contributed by atoms with Gasteiger partial charge in [0.2, 0.25) is 10.0 Å². The normalized spacial score (nSPS) is 13.5. The highest BCUT2D eigenvalue weighted by Gasteiger charge is 2.24. The van der Waals surface area contributed by atoms with Crippen molar-refractivity contribution in [3.8, 4) is 0 Å². The summed E-state index contributed by atoms with van der Waals surface area (Å²) in [5.41, 5.74) is 1.03. The minimum Gasteiger partial charge on any atom is -0.314 e. The Hall–Kier alpha value is -1.29. The van der Waals surface area contributed by atoms with Gasteiger partial charge in [-0.25, -0.2) is 18.1 Å². The molecule has 0 aliphatic rings. The first-order valence-electron chi connectivity index (χ1n) is 6.53. The van der Waals surface area contributed by atoms with Crippen LogP contribution >= 0.6 is 11.3 Å². The van der Waals surface area contributed by atoms with Crippen LogP contribution in [0.5, 0.6) is 0 Å². The lowest BCUT2D eigenvalue weighted by atomic mass is 10.2. The number of hydrogen-bond donors (Lipinski definition) is 3. The molecule has 2 aromatic rings. The molecule has 0 bridgehead atoms. The molecule has 0 saturated carbocycles. The minimum atomic E-state index is -3.59. The van der Waals surface area contributed by atoms with Gasteiger partial charge in [-0.15, -0.1) is 11.3 Å². The first kappa shape index (κ1) is 16.1. The summed E-state index contributed by atoms with van der Waals surface area (Å²) in [6.45, 7) is 4.34. The molecular formula is C12H19N5O2S2. The number of hydrogen-bond acceptors (Lipinski definition) is 6. The molecule has 0 aromatic carbocycles. The molecule has 0 amide bonds. The molecule has 0 radical (unpaired) electrons. The van der Waals surface area contributed by atoms with Crippen LogP contribution in [0.25, 0.3) is 0 Å². The van der Waals surface area contributed by atoms with Crippen molar-refractivity contribution in [3.63, 3.8) is 0 Å². The zero-order chi connectivity index (χ0) is 15.5. The SMILES string of the molecule is CNCc1n[nH]c(C)c1S(=O)(=O)NCC(C)c1nccs1. The minimum absolute atomic E-state index is 0.0275. The second-order valence-corrected chi connectivity index (χ2v) is 7.41. The van der Waals surface area contributed by atoms with Gasteiger partial charge in [0.1, 0.15) is 4.90 Å². The number of nitrogens with one attached hydrogen (secondary N) is 3. The maximum absolute atomic E-state index is 12.5. The fourth-order valence-corrected chi connectivity index (χ4v) is 4.17. The average molecular weight is 329 g/mol. The Morgan fingerprint density at radius 1 is 1.48 bits per heavy atom. The molecule has 2 rings (SSSR count). The lowest BCUT2D eigenvalue weighted by Crippen LogP contribution is -2.29. The third-order valence-corrected chi connectivity index (χ3v) is 5.66. The van der Waals surface area contributed by atoms with Gasteiger partial charge in [0.15, 0.2) is 0 Å². The van der Waals surface area contributed by atoms with Crippen LogP contribution in [0.15, 0.2) is 16.5 Å². The van der Waals surface area contributed by atoms with E-state index in [9.17, 15) is 8.42 Å². The van der Waals surface area contributed by atoms with Gasteiger partial charge in [0, 0.05) is 30.6 Å². The summed E-state index contributed by atoms with van der Waals surface area (Å²) < 4.78 is 27.6. The molecule has 116 valence electrons. The topological polar surface area (TPSA) is 99.8 Å². The smallest absolute Gasteiger partial charge is 0.244 e. The summed E-state index contributed by atoms with van der Waals surface area (Å²) in [5, 5.41) is 12.5. The number of H-pyrrole nitrogens is 1. The van der Waals surface area contributed by atoms with E-state index in [1.54, 1.807) is 20.2 Å². The summed E-state index contributed by atoms with van der Waals surface area (Å²) in [6, 6.07) is 0. The van der Waals surface area contributed by atoms with E-state index in [4.69, 9.17) is 0 Å². The highest BCUT2D eigenvalue weighted by atomic mass is 32.2. The third kappa shape index (κ3) is 3.67. The fourth-order valence-electron chi connectivity index (χ4n) is 1.99. The van der Waals surface area contributed by atoms with Gasteiger partial charge >= 0.3 is 0 Å². The molecule has 1 atom stereocenters. The number of nitrogens with zero attached hydrogens (tertiary/aromatic N) is 2. The third-order valence-electron chi connectivity index (χ3n) is 3.03. The van der Waals surface area contributed by atoms with Gasteiger partial charge in [0.05, 0.1) is 16.4 Å². The molecule has 0 fully saturated rings. The van der Waals surface area contributed by atoms with E-state index < -0.39 is 10.0 Å². The van der Waals surface area contributed by atoms with Crippen LogP contribution in [0.3, 0.4) is 0 Å². The van der Waals surface area contributed by atoms with E-state index in [1.165, 1.54) is 11.3 Å². The van der Waals surface area contributed by atoms with Gasteiger partial charge in [0.25, 0.3) is 0 Å². The van der Waals surface area contributed by atoms with Crippen molar-refractivity contribution in [1.82, 2.24) is 25.2 Å². The van der Waals surface area contributed by atoms with Crippen LogP contribution in [-0.2, 0) is 16.6 Å². The van der Waals surface area contributed by atoms with E-state index in [0.29, 0.717) is 24.5 Å². The van der Waals surface area contributed by atoms with Crippen molar-refractivity contribution in [2.24, 2.45) is 0 Å². The summed E-state index contributed by atoms with van der Waals surface area (Å²) in [6.07, 6.45) is 1.72. The molecule has 7 nitrogen and oxygen atoms in total. The van der Waals surface area contributed by atoms with Gasteiger partial charge < -0.3 is 5.32 Å². The van der Waals surface area contributed by atoms with Crippen LogP contribution in [0.1, 0.15) is 29.2 Å². The molecule has 0 aliphatic carbocycles. The van der Waals surface area contributed by atoms with Crippen LogP contribution in [0.2, 0.25) is 0 Å². The summed E-state index contributed by atoms with van der Waals surface area (Å²) in [4.78, 5) is 4.42. The molecule has 0 saturated heterocycles. The van der Waals surface area contributed by atoms with Crippen molar-refractivity contribution >= 4 is 21.4 Å². The predicted molar refractivity (Wildman–Crippen MR) is 81.8 cm³/mol. The summed E-state index contributed by atoms with van der Waals surface area (Å²) >= 11 is 1.52. The predicted octanol–water partition coefficient (Wildman–Crippen LogP) is 0.976. The van der Waals surface area contributed by atoms with Gasteiger partial charge in [-0.2, -0.15) is 5.10 Å². The first-order valence-corrected chi connectivity index (χ1v) is 8.89. The second kappa shape index (κ2) is 6.65. The lowest BCUT2D eigenvalue weighted by molar-refractivity contribution is 0.572. The molecule has 9 heteroatoms. The van der Waals surface area contributed by atoms with E-state index in [-0.39, 0.29) is 10.8 Å². The molecule has 0 aliphatic heterocycles. The van der Waals surface area contributed by atoms with E-state index >= 15 is 0 Å². The van der Waals surface area contributed by atoms with E-state index in [1.807, 2.05) is 12.3 Å². The first-order chi connectivity index (χ1) is 9.95. The summed E-state index contributed by atoms with van der Waals surface area (Å²) in [7, 11) is -1.85.